The first kappa shape index (κ1) is 13.0. The number of nitrogens with zero attached hydrogens (tertiary/aromatic N) is 4. The predicted molar refractivity (Wildman–Crippen MR) is 78.3 cm³/mol. The van der Waals surface area contributed by atoms with Gasteiger partial charge in [-0.15, -0.1) is 0 Å². The quantitative estimate of drug-likeness (QED) is 0.729. The van der Waals surface area contributed by atoms with Gasteiger partial charge in [0.05, 0.1) is 3.57 Å². The molecular weight excluding hydrogens is 327 g/mol. The van der Waals surface area contributed by atoms with Crippen molar-refractivity contribution in [3.8, 4) is 0 Å². The van der Waals surface area contributed by atoms with Gasteiger partial charge in [0.2, 0.25) is 0 Å². The summed E-state index contributed by atoms with van der Waals surface area (Å²) in [5.41, 5.74) is 0.269. The van der Waals surface area contributed by atoms with E-state index in [9.17, 15) is 0 Å². The average molecular weight is 346 g/mol. The highest BCUT2D eigenvalue weighted by Crippen LogP contribution is 2.22. The van der Waals surface area contributed by atoms with Crippen molar-refractivity contribution in [3.63, 3.8) is 0 Å². The lowest BCUT2D eigenvalue weighted by Gasteiger charge is -2.42. The molecule has 0 unspecified atom stereocenters. The Morgan fingerprint density at radius 2 is 1.82 bits per heavy atom. The number of hydrogen-bond acceptors (Lipinski definition) is 4. The van der Waals surface area contributed by atoms with Gasteiger partial charge in [-0.2, -0.15) is 0 Å². The van der Waals surface area contributed by atoms with Gasteiger partial charge >= 0.3 is 0 Å². The van der Waals surface area contributed by atoms with Crippen LogP contribution in [-0.4, -0.2) is 46.6 Å². The Morgan fingerprint density at radius 3 is 2.35 bits per heavy atom. The molecule has 0 radical (unpaired) electrons. The molecule has 1 aliphatic heterocycles. The van der Waals surface area contributed by atoms with Crippen molar-refractivity contribution in [1.29, 1.82) is 0 Å². The SMILES string of the molecule is CC(C)(C)N1CCN(c2ncncc2I)CC1. The summed E-state index contributed by atoms with van der Waals surface area (Å²) in [6, 6.07) is 0. The first-order valence-corrected chi connectivity index (χ1v) is 7.02. The third kappa shape index (κ3) is 3.07. The minimum absolute atomic E-state index is 0.269. The van der Waals surface area contributed by atoms with E-state index in [1.807, 2.05) is 6.20 Å². The largest absolute Gasteiger partial charge is 0.353 e. The topological polar surface area (TPSA) is 32.3 Å². The van der Waals surface area contributed by atoms with E-state index >= 15 is 0 Å². The third-order valence-electron chi connectivity index (χ3n) is 3.18. The number of piperazine rings is 1. The van der Waals surface area contributed by atoms with E-state index in [1.165, 1.54) is 0 Å². The third-order valence-corrected chi connectivity index (χ3v) is 3.94. The molecule has 2 heterocycles. The van der Waals surface area contributed by atoms with Crippen molar-refractivity contribution in [1.82, 2.24) is 14.9 Å². The second-order valence-electron chi connectivity index (χ2n) is 5.34. The molecule has 0 aliphatic carbocycles. The number of anilines is 1. The number of rotatable bonds is 1. The molecule has 5 heteroatoms. The van der Waals surface area contributed by atoms with Crippen molar-refractivity contribution in [3.05, 3.63) is 16.1 Å². The lowest BCUT2D eigenvalue weighted by Crippen LogP contribution is -2.53. The summed E-state index contributed by atoms with van der Waals surface area (Å²) in [7, 11) is 0. The Morgan fingerprint density at radius 1 is 1.18 bits per heavy atom. The first-order chi connectivity index (χ1) is 7.98. The first-order valence-electron chi connectivity index (χ1n) is 5.94. The Hall–Kier alpha value is -0.430. The Kier molecular flexibility index (Phi) is 3.87. The smallest absolute Gasteiger partial charge is 0.145 e. The summed E-state index contributed by atoms with van der Waals surface area (Å²) in [6.07, 6.45) is 3.51. The van der Waals surface area contributed by atoms with Crippen LogP contribution in [0.25, 0.3) is 0 Å². The van der Waals surface area contributed by atoms with Crippen molar-refractivity contribution >= 4 is 28.4 Å². The van der Waals surface area contributed by atoms with E-state index in [1.54, 1.807) is 6.33 Å². The van der Waals surface area contributed by atoms with Crippen molar-refractivity contribution in [2.45, 2.75) is 26.3 Å². The molecule has 0 spiro atoms. The molecule has 0 N–H and O–H groups in total. The Labute approximate surface area is 117 Å². The maximum absolute atomic E-state index is 4.38. The van der Waals surface area contributed by atoms with Crippen LogP contribution in [0.2, 0.25) is 0 Å². The molecule has 1 saturated heterocycles. The lowest BCUT2D eigenvalue weighted by molar-refractivity contribution is 0.128. The van der Waals surface area contributed by atoms with Crippen LogP contribution in [0.5, 0.6) is 0 Å². The number of aromatic nitrogens is 2. The Bertz CT molecular complexity index is 380. The lowest BCUT2D eigenvalue weighted by atomic mass is 10.1. The zero-order valence-electron chi connectivity index (χ0n) is 10.6. The molecule has 1 aliphatic rings. The molecule has 4 nitrogen and oxygen atoms in total. The summed E-state index contributed by atoms with van der Waals surface area (Å²) in [6.45, 7) is 11.1. The zero-order chi connectivity index (χ0) is 12.5. The summed E-state index contributed by atoms with van der Waals surface area (Å²) in [5.74, 6) is 1.08. The standard InChI is InChI=1S/C12H19IN4/c1-12(2,3)17-6-4-16(5-7-17)11-10(13)8-14-9-15-11/h8-9H,4-7H2,1-3H3. The van der Waals surface area contributed by atoms with E-state index in [0.29, 0.717) is 0 Å². The van der Waals surface area contributed by atoms with E-state index < -0.39 is 0 Å². The van der Waals surface area contributed by atoms with Gasteiger partial charge in [0, 0.05) is 37.9 Å². The van der Waals surface area contributed by atoms with Gasteiger partial charge in [-0.3, -0.25) is 4.90 Å². The fraction of sp³-hybridized carbons (Fsp3) is 0.667. The van der Waals surface area contributed by atoms with Gasteiger partial charge in [-0.25, -0.2) is 9.97 Å². The van der Waals surface area contributed by atoms with Crippen LogP contribution in [-0.2, 0) is 0 Å². The van der Waals surface area contributed by atoms with Crippen LogP contribution in [0.4, 0.5) is 5.82 Å². The van der Waals surface area contributed by atoms with E-state index in [0.717, 1.165) is 35.6 Å². The molecule has 0 amide bonds. The van der Waals surface area contributed by atoms with Crippen LogP contribution in [0.15, 0.2) is 12.5 Å². The molecular formula is C12H19IN4. The van der Waals surface area contributed by atoms with Gasteiger partial charge in [0.15, 0.2) is 0 Å². The van der Waals surface area contributed by atoms with Gasteiger partial charge < -0.3 is 4.90 Å². The molecule has 0 aromatic carbocycles. The summed E-state index contributed by atoms with van der Waals surface area (Å²) >= 11 is 2.30. The normalized spacial score (nSPS) is 18.5. The number of halogens is 1. The number of hydrogen-bond donors (Lipinski definition) is 0. The van der Waals surface area contributed by atoms with Crippen LogP contribution < -0.4 is 4.90 Å². The summed E-state index contributed by atoms with van der Waals surface area (Å²) in [5, 5.41) is 0. The van der Waals surface area contributed by atoms with E-state index in [-0.39, 0.29) is 5.54 Å². The molecule has 17 heavy (non-hydrogen) atoms. The predicted octanol–water partition coefficient (Wildman–Crippen LogP) is 2.00. The zero-order valence-corrected chi connectivity index (χ0v) is 12.8. The molecule has 0 atom stereocenters. The van der Waals surface area contributed by atoms with Crippen molar-refractivity contribution < 1.29 is 0 Å². The molecule has 94 valence electrons. The van der Waals surface area contributed by atoms with Gasteiger partial charge in [0.25, 0.3) is 0 Å². The van der Waals surface area contributed by atoms with Gasteiger partial charge in [-0.1, -0.05) is 0 Å². The molecule has 1 aromatic heterocycles. The van der Waals surface area contributed by atoms with Crippen molar-refractivity contribution in [2.75, 3.05) is 31.1 Å². The van der Waals surface area contributed by atoms with Gasteiger partial charge in [-0.05, 0) is 43.4 Å². The fourth-order valence-electron chi connectivity index (χ4n) is 2.13. The van der Waals surface area contributed by atoms with Crippen LogP contribution in [0, 0.1) is 3.57 Å². The maximum atomic E-state index is 4.38. The molecule has 1 fully saturated rings. The second kappa shape index (κ2) is 5.06. The van der Waals surface area contributed by atoms with Crippen LogP contribution in [0.1, 0.15) is 20.8 Å². The maximum Gasteiger partial charge on any atom is 0.145 e. The van der Waals surface area contributed by atoms with E-state index in [2.05, 4.69) is 63.1 Å². The summed E-state index contributed by atoms with van der Waals surface area (Å²) < 4.78 is 1.13. The van der Waals surface area contributed by atoms with Crippen LogP contribution >= 0.6 is 22.6 Å². The second-order valence-corrected chi connectivity index (χ2v) is 6.50. The van der Waals surface area contributed by atoms with E-state index in [4.69, 9.17) is 0 Å². The minimum atomic E-state index is 0.269. The molecule has 0 bridgehead atoms. The Balaban J connectivity index is 2.03. The minimum Gasteiger partial charge on any atom is -0.353 e. The van der Waals surface area contributed by atoms with Crippen molar-refractivity contribution in [2.24, 2.45) is 0 Å². The van der Waals surface area contributed by atoms with Crippen LogP contribution in [0.3, 0.4) is 0 Å². The average Bonchev–Trinajstić information content (AvgIpc) is 2.29. The highest BCUT2D eigenvalue weighted by Gasteiger charge is 2.26. The molecule has 2 rings (SSSR count). The molecule has 1 aromatic rings. The fourth-order valence-corrected chi connectivity index (χ4v) is 2.77. The summed E-state index contributed by atoms with van der Waals surface area (Å²) in [4.78, 5) is 13.3. The molecule has 0 saturated carbocycles. The monoisotopic (exact) mass is 346 g/mol. The van der Waals surface area contributed by atoms with Gasteiger partial charge in [0.1, 0.15) is 12.1 Å². The highest BCUT2D eigenvalue weighted by atomic mass is 127. The highest BCUT2D eigenvalue weighted by molar-refractivity contribution is 14.1.